The average Bonchev–Trinajstić information content (AvgIpc) is 2.07. The van der Waals surface area contributed by atoms with Gasteiger partial charge in [0, 0.05) is 5.57 Å². The molecule has 0 bridgehead atoms. The van der Waals surface area contributed by atoms with Crippen molar-refractivity contribution in [3.05, 3.63) is 22.8 Å². The summed E-state index contributed by atoms with van der Waals surface area (Å²) in [7, 11) is 0. The molecule has 0 aromatic rings. The molecule has 1 rings (SSSR count). The van der Waals surface area contributed by atoms with Crippen LogP contribution < -0.4 is 0 Å². The fourth-order valence-electron chi connectivity index (χ4n) is 1.95. The maximum atomic E-state index is 11.0. The Balaban J connectivity index is 3.10. The zero-order valence-electron chi connectivity index (χ0n) is 9.13. The number of allylic oxidation sites excluding steroid dienone is 3. The van der Waals surface area contributed by atoms with Gasteiger partial charge in [-0.25, -0.2) is 4.79 Å². The van der Waals surface area contributed by atoms with Gasteiger partial charge < -0.3 is 5.11 Å². The highest BCUT2D eigenvalue weighted by Gasteiger charge is 2.21. The largest absolute Gasteiger partial charge is 0.478 e. The first-order chi connectivity index (χ1) is 6.52. The Bertz CT molecular complexity index is 293. The first-order valence-corrected chi connectivity index (χ1v) is 5.13. The molecule has 14 heavy (non-hydrogen) atoms. The molecule has 78 valence electrons. The van der Waals surface area contributed by atoms with Gasteiger partial charge in [0.15, 0.2) is 0 Å². The standard InChI is InChI=1S/C12H18O2/c1-8(2)7-11-9(3)5-4-6-10(11)12(13)14/h7,9H,4-6H2,1-3H3,(H,13,14). The molecule has 0 spiro atoms. The maximum Gasteiger partial charge on any atom is 0.331 e. The SMILES string of the molecule is CC(C)=CC1=C(C(=O)O)CCCC1C. The first kappa shape index (κ1) is 11.0. The van der Waals surface area contributed by atoms with E-state index in [4.69, 9.17) is 5.11 Å². The highest BCUT2D eigenvalue weighted by atomic mass is 16.4. The Morgan fingerprint density at radius 3 is 2.64 bits per heavy atom. The normalized spacial score (nSPS) is 22.1. The lowest BCUT2D eigenvalue weighted by atomic mass is 9.83. The summed E-state index contributed by atoms with van der Waals surface area (Å²) in [5.74, 6) is -0.353. The summed E-state index contributed by atoms with van der Waals surface area (Å²) in [5, 5.41) is 9.05. The number of hydrogen-bond acceptors (Lipinski definition) is 1. The van der Waals surface area contributed by atoms with E-state index >= 15 is 0 Å². The average molecular weight is 194 g/mol. The molecule has 2 nitrogen and oxygen atoms in total. The van der Waals surface area contributed by atoms with Crippen molar-refractivity contribution < 1.29 is 9.90 Å². The number of hydrogen-bond donors (Lipinski definition) is 1. The molecule has 1 aliphatic carbocycles. The Morgan fingerprint density at radius 2 is 2.14 bits per heavy atom. The molecular formula is C12H18O2. The van der Waals surface area contributed by atoms with Crippen molar-refractivity contribution in [3.8, 4) is 0 Å². The second kappa shape index (κ2) is 4.45. The third-order valence-electron chi connectivity index (χ3n) is 2.65. The van der Waals surface area contributed by atoms with Gasteiger partial charge in [-0.15, -0.1) is 0 Å². The van der Waals surface area contributed by atoms with Crippen LogP contribution in [-0.2, 0) is 4.79 Å². The van der Waals surface area contributed by atoms with Gasteiger partial charge in [-0.1, -0.05) is 18.6 Å². The molecule has 1 N–H and O–H groups in total. The fraction of sp³-hybridized carbons (Fsp3) is 0.583. The molecule has 0 aromatic carbocycles. The van der Waals surface area contributed by atoms with Gasteiger partial charge in [0.1, 0.15) is 0 Å². The zero-order chi connectivity index (χ0) is 10.7. The Kier molecular flexibility index (Phi) is 3.50. The van der Waals surface area contributed by atoms with E-state index in [2.05, 4.69) is 6.92 Å². The molecule has 0 fully saturated rings. The van der Waals surface area contributed by atoms with E-state index in [0.29, 0.717) is 11.5 Å². The smallest absolute Gasteiger partial charge is 0.331 e. The molecular weight excluding hydrogens is 176 g/mol. The van der Waals surface area contributed by atoms with E-state index < -0.39 is 5.97 Å². The minimum Gasteiger partial charge on any atom is -0.478 e. The summed E-state index contributed by atoms with van der Waals surface area (Å²) in [6.45, 7) is 6.12. The molecule has 0 saturated carbocycles. The molecule has 0 aliphatic heterocycles. The van der Waals surface area contributed by atoms with Crippen molar-refractivity contribution >= 4 is 5.97 Å². The highest BCUT2D eigenvalue weighted by Crippen LogP contribution is 2.31. The van der Waals surface area contributed by atoms with Gasteiger partial charge >= 0.3 is 5.97 Å². The lowest BCUT2D eigenvalue weighted by molar-refractivity contribution is -0.133. The summed E-state index contributed by atoms with van der Waals surface area (Å²) >= 11 is 0. The van der Waals surface area contributed by atoms with Crippen LogP contribution in [0.2, 0.25) is 0 Å². The summed E-state index contributed by atoms with van der Waals surface area (Å²) in [5.41, 5.74) is 2.82. The van der Waals surface area contributed by atoms with Gasteiger partial charge in [-0.3, -0.25) is 0 Å². The van der Waals surface area contributed by atoms with E-state index in [-0.39, 0.29) is 0 Å². The summed E-state index contributed by atoms with van der Waals surface area (Å²) in [4.78, 5) is 11.0. The molecule has 1 aliphatic rings. The van der Waals surface area contributed by atoms with Crippen LogP contribution in [0, 0.1) is 5.92 Å². The van der Waals surface area contributed by atoms with Gasteiger partial charge in [0.2, 0.25) is 0 Å². The minimum absolute atomic E-state index is 0.393. The third kappa shape index (κ3) is 2.47. The second-order valence-corrected chi connectivity index (χ2v) is 4.25. The maximum absolute atomic E-state index is 11.0. The predicted molar refractivity (Wildman–Crippen MR) is 57.1 cm³/mol. The monoisotopic (exact) mass is 194 g/mol. The molecule has 1 unspecified atom stereocenters. The van der Waals surface area contributed by atoms with Gasteiger partial charge in [-0.05, 0) is 44.6 Å². The molecule has 0 radical (unpaired) electrons. The van der Waals surface area contributed by atoms with Crippen molar-refractivity contribution in [1.82, 2.24) is 0 Å². The summed E-state index contributed by atoms with van der Waals surface area (Å²) in [6, 6.07) is 0. The predicted octanol–water partition coefficient (Wildman–Crippen LogP) is 3.15. The van der Waals surface area contributed by atoms with E-state index in [1.165, 1.54) is 5.57 Å². The minimum atomic E-state index is -0.746. The van der Waals surface area contributed by atoms with Crippen LogP contribution >= 0.6 is 0 Å². The van der Waals surface area contributed by atoms with Crippen LogP contribution in [0.4, 0.5) is 0 Å². The van der Waals surface area contributed by atoms with Crippen molar-refractivity contribution in [1.29, 1.82) is 0 Å². The molecule has 1 atom stereocenters. The van der Waals surface area contributed by atoms with Crippen molar-refractivity contribution in [2.45, 2.75) is 40.0 Å². The van der Waals surface area contributed by atoms with Crippen LogP contribution in [0.25, 0.3) is 0 Å². The molecule has 0 aromatic heterocycles. The van der Waals surface area contributed by atoms with E-state index in [1.807, 2.05) is 19.9 Å². The first-order valence-electron chi connectivity index (χ1n) is 5.13. The topological polar surface area (TPSA) is 37.3 Å². The van der Waals surface area contributed by atoms with E-state index in [1.54, 1.807) is 0 Å². The van der Waals surface area contributed by atoms with Gasteiger partial charge in [0.25, 0.3) is 0 Å². The zero-order valence-corrected chi connectivity index (χ0v) is 9.13. The van der Waals surface area contributed by atoms with Crippen LogP contribution in [0.5, 0.6) is 0 Å². The lowest BCUT2D eigenvalue weighted by Crippen LogP contribution is -2.14. The summed E-state index contributed by atoms with van der Waals surface area (Å²) in [6.07, 6.45) is 4.85. The number of aliphatic carboxylic acids is 1. The molecule has 2 heteroatoms. The van der Waals surface area contributed by atoms with Crippen molar-refractivity contribution in [3.63, 3.8) is 0 Å². The lowest BCUT2D eigenvalue weighted by Gasteiger charge is -2.22. The number of carboxylic acids is 1. The molecule has 0 amide bonds. The van der Waals surface area contributed by atoms with Gasteiger partial charge in [0.05, 0.1) is 0 Å². The van der Waals surface area contributed by atoms with E-state index in [0.717, 1.165) is 24.8 Å². The fourth-order valence-corrected chi connectivity index (χ4v) is 1.95. The van der Waals surface area contributed by atoms with Crippen LogP contribution in [-0.4, -0.2) is 11.1 Å². The van der Waals surface area contributed by atoms with E-state index in [9.17, 15) is 4.79 Å². The van der Waals surface area contributed by atoms with Gasteiger partial charge in [-0.2, -0.15) is 0 Å². The second-order valence-electron chi connectivity index (χ2n) is 4.25. The molecule has 0 saturated heterocycles. The van der Waals surface area contributed by atoms with Crippen LogP contribution in [0.3, 0.4) is 0 Å². The number of carboxylic acid groups (broad SMARTS) is 1. The van der Waals surface area contributed by atoms with Crippen LogP contribution in [0.15, 0.2) is 22.8 Å². The summed E-state index contributed by atoms with van der Waals surface area (Å²) < 4.78 is 0. The highest BCUT2D eigenvalue weighted by molar-refractivity contribution is 5.88. The quantitative estimate of drug-likeness (QED) is 0.733. The Hall–Kier alpha value is -1.05. The van der Waals surface area contributed by atoms with Crippen molar-refractivity contribution in [2.75, 3.05) is 0 Å². The Labute approximate surface area is 85.3 Å². The third-order valence-corrected chi connectivity index (χ3v) is 2.65. The van der Waals surface area contributed by atoms with Crippen molar-refractivity contribution in [2.24, 2.45) is 5.92 Å². The Morgan fingerprint density at radius 1 is 1.50 bits per heavy atom. The number of rotatable bonds is 2. The molecule has 0 heterocycles. The van der Waals surface area contributed by atoms with Crippen LogP contribution in [0.1, 0.15) is 40.0 Å². The number of carbonyl (C=O) groups is 1.